The quantitative estimate of drug-likeness (QED) is 0.779. The predicted molar refractivity (Wildman–Crippen MR) is 88.9 cm³/mol. The first-order chi connectivity index (χ1) is 11.8. The zero-order chi connectivity index (χ0) is 18.6. The minimum absolute atomic E-state index is 0.0131. The van der Waals surface area contributed by atoms with Crippen LogP contribution in [0.15, 0.2) is 30.0 Å². The average molecular weight is 351 g/mol. The van der Waals surface area contributed by atoms with E-state index < -0.39 is 23.7 Å². The molecule has 2 rings (SSSR count). The van der Waals surface area contributed by atoms with E-state index in [-0.39, 0.29) is 29.7 Å². The Bertz CT molecular complexity index is 686. The van der Waals surface area contributed by atoms with Gasteiger partial charge in [0.05, 0.1) is 13.2 Å². The zero-order valence-electron chi connectivity index (χ0n) is 14.5. The lowest BCUT2D eigenvalue weighted by Crippen LogP contribution is -2.43. The number of carboxylic acid groups (broad SMARTS) is 1. The van der Waals surface area contributed by atoms with Crippen molar-refractivity contribution < 1.29 is 28.6 Å². The van der Waals surface area contributed by atoms with Gasteiger partial charge in [0.1, 0.15) is 11.8 Å². The molecule has 1 N–H and O–H groups in total. The molecule has 0 aromatic heterocycles. The molecule has 1 atom stereocenters. The number of hydrogen-bond acceptors (Lipinski definition) is 4. The van der Waals surface area contributed by atoms with E-state index >= 15 is 0 Å². The van der Waals surface area contributed by atoms with Crippen LogP contribution in [0.5, 0.6) is 11.5 Å². The van der Waals surface area contributed by atoms with Crippen LogP contribution in [0, 0.1) is 11.7 Å². The zero-order valence-corrected chi connectivity index (χ0v) is 14.5. The lowest BCUT2D eigenvalue weighted by Gasteiger charge is -2.25. The summed E-state index contributed by atoms with van der Waals surface area (Å²) < 4.78 is 24.9. The fraction of sp³-hybridized carbons (Fsp3) is 0.444. The maximum atomic E-state index is 14.3. The Morgan fingerprint density at radius 2 is 2.04 bits per heavy atom. The molecule has 1 heterocycles. The Kier molecular flexibility index (Phi) is 6.01. The van der Waals surface area contributed by atoms with Gasteiger partial charge in [-0.15, -0.1) is 0 Å². The maximum Gasteiger partial charge on any atom is 0.326 e. The van der Waals surface area contributed by atoms with Gasteiger partial charge in [0, 0.05) is 6.08 Å². The van der Waals surface area contributed by atoms with Gasteiger partial charge in [0.15, 0.2) is 11.5 Å². The van der Waals surface area contributed by atoms with Crippen LogP contribution in [0.1, 0.15) is 27.2 Å². The summed E-state index contributed by atoms with van der Waals surface area (Å²) in [7, 11) is 0. The second-order valence-corrected chi connectivity index (χ2v) is 6.16. The van der Waals surface area contributed by atoms with Gasteiger partial charge in [-0.05, 0) is 31.4 Å². The van der Waals surface area contributed by atoms with Gasteiger partial charge in [-0.25, -0.2) is 4.79 Å². The van der Waals surface area contributed by atoms with Crippen molar-refractivity contribution in [2.75, 3.05) is 13.2 Å². The number of carboxylic acids is 1. The van der Waals surface area contributed by atoms with Crippen LogP contribution in [-0.2, 0) is 9.59 Å². The topological polar surface area (TPSA) is 76.1 Å². The number of nitrogens with zero attached hydrogens (tertiary/aromatic N) is 1. The lowest BCUT2D eigenvalue weighted by molar-refractivity contribution is -0.148. The van der Waals surface area contributed by atoms with E-state index in [1.807, 2.05) is 13.8 Å². The summed E-state index contributed by atoms with van der Waals surface area (Å²) in [5.41, 5.74) is 0. The number of rotatable bonds is 8. The smallest absolute Gasteiger partial charge is 0.326 e. The van der Waals surface area contributed by atoms with Crippen LogP contribution in [0.3, 0.4) is 0 Å². The molecular weight excluding hydrogens is 329 g/mol. The van der Waals surface area contributed by atoms with Crippen LogP contribution in [0.2, 0.25) is 0 Å². The highest BCUT2D eigenvalue weighted by molar-refractivity contribution is 5.94. The molecule has 0 saturated carbocycles. The summed E-state index contributed by atoms with van der Waals surface area (Å²) in [6.07, 6.45) is 1.53. The second kappa shape index (κ2) is 8.00. The van der Waals surface area contributed by atoms with Crippen LogP contribution in [0.4, 0.5) is 4.39 Å². The van der Waals surface area contributed by atoms with Crippen molar-refractivity contribution in [3.8, 4) is 11.5 Å². The van der Waals surface area contributed by atoms with E-state index in [9.17, 15) is 19.1 Å². The average Bonchev–Trinajstić information content (AvgIpc) is 2.89. The van der Waals surface area contributed by atoms with Crippen molar-refractivity contribution in [1.82, 2.24) is 4.90 Å². The Morgan fingerprint density at radius 3 is 2.64 bits per heavy atom. The molecule has 1 amide bonds. The summed E-state index contributed by atoms with van der Waals surface area (Å²) in [6, 6.07) is 3.55. The minimum Gasteiger partial charge on any atom is -0.491 e. The molecule has 1 aromatic rings. The molecule has 6 nitrogen and oxygen atoms in total. The number of hydrogen-bond donors (Lipinski definition) is 1. The monoisotopic (exact) mass is 351 g/mol. The van der Waals surface area contributed by atoms with Crippen LogP contribution in [-0.4, -0.2) is 41.1 Å². The van der Waals surface area contributed by atoms with Gasteiger partial charge in [-0.3, -0.25) is 4.79 Å². The van der Waals surface area contributed by atoms with Gasteiger partial charge < -0.3 is 19.5 Å². The molecular formula is C18H22FNO5. The molecule has 1 aliphatic heterocycles. The molecule has 0 unspecified atom stereocenters. The molecule has 1 aromatic carbocycles. The van der Waals surface area contributed by atoms with E-state index in [0.717, 1.165) is 0 Å². The Hall–Kier alpha value is -2.57. The summed E-state index contributed by atoms with van der Waals surface area (Å²) >= 11 is 0. The number of aliphatic carboxylic acids is 1. The molecule has 0 aliphatic carbocycles. The van der Waals surface area contributed by atoms with E-state index in [1.54, 1.807) is 13.0 Å². The summed E-state index contributed by atoms with van der Waals surface area (Å²) in [4.78, 5) is 24.8. The van der Waals surface area contributed by atoms with E-state index in [4.69, 9.17) is 9.47 Å². The molecule has 0 bridgehead atoms. The highest BCUT2D eigenvalue weighted by Gasteiger charge is 2.34. The molecule has 0 saturated heterocycles. The summed E-state index contributed by atoms with van der Waals surface area (Å²) in [5, 5.41) is 9.38. The number of halogens is 1. The van der Waals surface area contributed by atoms with Gasteiger partial charge in [-0.2, -0.15) is 4.39 Å². The molecule has 0 spiro atoms. The fourth-order valence-corrected chi connectivity index (χ4v) is 2.62. The second-order valence-electron chi connectivity index (χ2n) is 6.16. The summed E-state index contributed by atoms with van der Waals surface area (Å²) in [6.45, 7) is 5.81. The molecule has 7 heteroatoms. The van der Waals surface area contributed by atoms with Crippen molar-refractivity contribution >= 4 is 11.9 Å². The van der Waals surface area contributed by atoms with Gasteiger partial charge in [0.25, 0.3) is 5.91 Å². The third-order valence-electron chi connectivity index (χ3n) is 3.72. The molecule has 136 valence electrons. The largest absolute Gasteiger partial charge is 0.491 e. The van der Waals surface area contributed by atoms with E-state index in [0.29, 0.717) is 13.0 Å². The molecule has 25 heavy (non-hydrogen) atoms. The molecule has 1 aliphatic rings. The Labute approximate surface area is 145 Å². The Balaban J connectivity index is 2.13. The van der Waals surface area contributed by atoms with Crippen molar-refractivity contribution in [3.63, 3.8) is 0 Å². The van der Waals surface area contributed by atoms with Crippen molar-refractivity contribution in [2.45, 2.75) is 33.2 Å². The predicted octanol–water partition coefficient (Wildman–Crippen LogP) is 2.83. The number of carbonyl (C=O) groups excluding carboxylic acids is 1. The van der Waals surface area contributed by atoms with E-state index in [1.165, 1.54) is 23.1 Å². The number of amides is 1. The van der Waals surface area contributed by atoms with Gasteiger partial charge in [0.2, 0.25) is 5.82 Å². The third-order valence-corrected chi connectivity index (χ3v) is 3.72. The first-order valence-electron chi connectivity index (χ1n) is 8.16. The molecule has 0 fully saturated rings. The van der Waals surface area contributed by atoms with Crippen LogP contribution >= 0.6 is 0 Å². The van der Waals surface area contributed by atoms with Crippen molar-refractivity contribution in [2.24, 2.45) is 5.92 Å². The SMILES string of the molecule is CCOc1cccc(OC2=CC(=O)N([C@@H](CC(C)C)C(=O)O)C2)c1F. The lowest BCUT2D eigenvalue weighted by atomic mass is 10.0. The summed E-state index contributed by atoms with van der Waals surface area (Å²) in [5.74, 6) is -1.88. The van der Waals surface area contributed by atoms with Gasteiger partial charge in [-0.1, -0.05) is 19.9 Å². The number of ether oxygens (including phenoxy) is 2. The fourth-order valence-electron chi connectivity index (χ4n) is 2.62. The van der Waals surface area contributed by atoms with Crippen LogP contribution in [0.25, 0.3) is 0 Å². The molecule has 0 radical (unpaired) electrons. The third kappa shape index (κ3) is 4.49. The number of carbonyl (C=O) groups is 2. The van der Waals surface area contributed by atoms with Crippen molar-refractivity contribution in [1.29, 1.82) is 0 Å². The van der Waals surface area contributed by atoms with E-state index in [2.05, 4.69) is 0 Å². The highest BCUT2D eigenvalue weighted by Crippen LogP contribution is 2.29. The first kappa shape index (κ1) is 18.8. The first-order valence-corrected chi connectivity index (χ1v) is 8.16. The Morgan fingerprint density at radius 1 is 1.36 bits per heavy atom. The highest BCUT2D eigenvalue weighted by atomic mass is 19.1. The standard InChI is InChI=1S/C18H22FNO5/c1-4-24-14-6-5-7-15(17(14)19)25-12-9-16(21)20(10-12)13(18(22)23)8-11(2)3/h5-7,9,11,13H,4,8,10H2,1-3H3,(H,22,23)/t13-/m0/s1. The normalized spacial score (nSPS) is 15.3. The van der Waals surface area contributed by atoms with Crippen LogP contribution < -0.4 is 9.47 Å². The minimum atomic E-state index is -1.07. The van der Waals surface area contributed by atoms with Crippen molar-refractivity contribution in [3.05, 3.63) is 35.9 Å². The van der Waals surface area contributed by atoms with Gasteiger partial charge >= 0.3 is 5.97 Å². The number of benzene rings is 1. The maximum absolute atomic E-state index is 14.3.